The van der Waals surface area contributed by atoms with E-state index >= 15 is 0 Å². The number of rotatable bonds is 2. The molecule has 0 N–H and O–H groups in total. The van der Waals surface area contributed by atoms with Crippen LogP contribution in [0.1, 0.15) is 28.0 Å². The molecule has 0 saturated carbocycles. The Morgan fingerprint density at radius 3 is 2.71 bits per heavy atom. The molecule has 28 heavy (non-hydrogen) atoms. The number of morpholine rings is 1. The first kappa shape index (κ1) is 17.6. The van der Waals surface area contributed by atoms with Gasteiger partial charge >= 0.3 is 0 Å². The minimum atomic E-state index is -0.248. The van der Waals surface area contributed by atoms with Crippen LogP contribution >= 0.6 is 0 Å². The number of carbonyl (C=O) groups is 1. The number of hydrogen-bond acceptors (Lipinski definition) is 6. The Kier molecular flexibility index (Phi) is 4.49. The highest BCUT2D eigenvalue weighted by Crippen LogP contribution is 2.40. The Balaban J connectivity index is 1.43. The highest BCUT2D eigenvalue weighted by molar-refractivity contribution is 5.94. The van der Waals surface area contributed by atoms with E-state index in [0.717, 1.165) is 42.3 Å². The Bertz CT molecular complexity index is 869. The number of ether oxygens (including phenoxy) is 2. The molecule has 7 heteroatoms. The van der Waals surface area contributed by atoms with Crippen LogP contribution in [0.15, 0.2) is 36.5 Å². The highest BCUT2D eigenvalue weighted by atomic mass is 16.5. The molecular weight excluding hydrogens is 356 g/mol. The molecule has 7 nitrogen and oxygen atoms in total. The van der Waals surface area contributed by atoms with Gasteiger partial charge in [-0.3, -0.25) is 4.79 Å². The number of amides is 1. The number of nitrogens with zero attached hydrogens (tertiary/aromatic N) is 4. The summed E-state index contributed by atoms with van der Waals surface area (Å²) in [6, 6.07) is 9.48. The van der Waals surface area contributed by atoms with Crippen molar-refractivity contribution in [1.29, 1.82) is 0 Å². The highest BCUT2D eigenvalue weighted by Gasteiger charge is 2.46. The van der Waals surface area contributed by atoms with Crippen molar-refractivity contribution in [1.82, 2.24) is 14.9 Å². The number of hydrogen-bond donors (Lipinski definition) is 0. The molecule has 0 radical (unpaired) electrons. The zero-order valence-corrected chi connectivity index (χ0v) is 15.8. The Labute approximate surface area is 164 Å². The fourth-order valence-electron chi connectivity index (χ4n) is 4.42. The lowest BCUT2D eigenvalue weighted by molar-refractivity contribution is 0.0484. The molecule has 5 rings (SSSR count). The van der Waals surface area contributed by atoms with Gasteiger partial charge in [-0.25, -0.2) is 9.97 Å². The average molecular weight is 380 g/mol. The van der Waals surface area contributed by atoms with E-state index in [4.69, 9.17) is 14.5 Å². The zero-order chi connectivity index (χ0) is 19.0. The van der Waals surface area contributed by atoms with Gasteiger partial charge in [-0.2, -0.15) is 0 Å². The van der Waals surface area contributed by atoms with Crippen molar-refractivity contribution in [2.45, 2.75) is 18.4 Å². The maximum atomic E-state index is 12.9. The molecule has 1 aromatic carbocycles. The first-order chi connectivity index (χ1) is 13.8. The largest absolute Gasteiger partial charge is 0.378 e. The van der Waals surface area contributed by atoms with Gasteiger partial charge in [0.1, 0.15) is 0 Å². The number of fused-ring (bicyclic) bond motifs is 2. The number of carbonyl (C=O) groups excluding carboxylic acids is 1. The normalized spacial score (nSPS) is 24.4. The van der Waals surface area contributed by atoms with Crippen molar-refractivity contribution in [2.75, 3.05) is 50.9 Å². The van der Waals surface area contributed by atoms with Crippen LogP contribution in [-0.2, 0) is 21.5 Å². The summed E-state index contributed by atoms with van der Waals surface area (Å²) >= 11 is 0. The van der Waals surface area contributed by atoms with E-state index in [2.05, 4.69) is 9.88 Å². The van der Waals surface area contributed by atoms with E-state index in [1.807, 2.05) is 41.4 Å². The second-order valence-electron chi connectivity index (χ2n) is 7.76. The Morgan fingerprint density at radius 1 is 1.07 bits per heavy atom. The van der Waals surface area contributed by atoms with Gasteiger partial charge in [-0.15, -0.1) is 0 Å². The van der Waals surface area contributed by atoms with Gasteiger partial charge in [0.15, 0.2) is 0 Å². The standard InChI is InChI=1S/C21H24N4O3/c26-19(16-4-2-1-3-5-16)25-7-6-21(14-25)15-28-13-17-12-22-20(23-18(17)21)24-8-10-27-11-9-24/h1-5,12H,6-11,13-15H2. The van der Waals surface area contributed by atoms with Crippen molar-refractivity contribution in [3.05, 3.63) is 53.3 Å². The first-order valence-electron chi connectivity index (χ1n) is 9.86. The van der Waals surface area contributed by atoms with Gasteiger partial charge in [0.05, 0.1) is 37.5 Å². The molecule has 1 amide bonds. The fourth-order valence-corrected chi connectivity index (χ4v) is 4.42. The van der Waals surface area contributed by atoms with Gasteiger partial charge in [0, 0.05) is 43.5 Å². The maximum Gasteiger partial charge on any atom is 0.253 e. The second kappa shape index (κ2) is 7.14. The molecule has 2 fully saturated rings. The number of benzene rings is 1. The molecule has 0 bridgehead atoms. The third-order valence-electron chi connectivity index (χ3n) is 5.95. The topological polar surface area (TPSA) is 67.8 Å². The third kappa shape index (κ3) is 3.04. The van der Waals surface area contributed by atoms with Crippen molar-refractivity contribution < 1.29 is 14.3 Å². The third-order valence-corrected chi connectivity index (χ3v) is 5.95. The zero-order valence-electron chi connectivity index (χ0n) is 15.8. The van der Waals surface area contributed by atoms with E-state index in [9.17, 15) is 4.79 Å². The summed E-state index contributed by atoms with van der Waals surface area (Å²) in [4.78, 5) is 26.6. The summed E-state index contributed by atoms with van der Waals surface area (Å²) in [6.07, 6.45) is 2.76. The summed E-state index contributed by atoms with van der Waals surface area (Å²) in [5, 5.41) is 0. The van der Waals surface area contributed by atoms with Crippen molar-refractivity contribution in [2.24, 2.45) is 0 Å². The first-order valence-corrected chi connectivity index (χ1v) is 9.86. The monoisotopic (exact) mass is 380 g/mol. The summed E-state index contributed by atoms with van der Waals surface area (Å²) in [7, 11) is 0. The predicted molar refractivity (Wildman–Crippen MR) is 103 cm³/mol. The lowest BCUT2D eigenvalue weighted by atomic mass is 9.80. The van der Waals surface area contributed by atoms with Gasteiger partial charge in [-0.1, -0.05) is 18.2 Å². The molecule has 3 aliphatic heterocycles. The summed E-state index contributed by atoms with van der Waals surface area (Å²) in [6.45, 7) is 5.50. The minimum Gasteiger partial charge on any atom is -0.378 e. The van der Waals surface area contributed by atoms with Crippen LogP contribution in [0.4, 0.5) is 5.95 Å². The van der Waals surface area contributed by atoms with Crippen LogP contribution in [0.3, 0.4) is 0 Å². The molecule has 1 atom stereocenters. The number of likely N-dealkylation sites (tertiary alicyclic amines) is 1. The molecule has 2 aromatic rings. The molecule has 1 unspecified atom stereocenters. The van der Waals surface area contributed by atoms with Gasteiger partial charge in [0.25, 0.3) is 5.91 Å². The van der Waals surface area contributed by atoms with Gasteiger partial charge in [0.2, 0.25) is 5.95 Å². The van der Waals surface area contributed by atoms with Crippen LogP contribution in [-0.4, -0.2) is 66.8 Å². The van der Waals surface area contributed by atoms with E-state index in [-0.39, 0.29) is 11.3 Å². The van der Waals surface area contributed by atoms with E-state index in [1.165, 1.54) is 0 Å². The summed E-state index contributed by atoms with van der Waals surface area (Å²) in [5.41, 5.74) is 2.58. The van der Waals surface area contributed by atoms with Gasteiger partial charge < -0.3 is 19.3 Å². The van der Waals surface area contributed by atoms with Crippen LogP contribution < -0.4 is 4.90 Å². The molecule has 4 heterocycles. The Hall–Kier alpha value is -2.51. The maximum absolute atomic E-state index is 12.9. The van der Waals surface area contributed by atoms with Crippen molar-refractivity contribution in [3.63, 3.8) is 0 Å². The summed E-state index contributed by atoms with van der Waals surface area (Å²) < 4.78 is 11.3. The minimum absolute atomic E-state index is 0.0760. The average Bonchev–Trinajstić information content (AvgIpc) is 3.19. The van der Waals surface area contributed by atoms with E-state index in [0.29, 0.717) is 39.5 Å². The molecule has 146 valence electrons. The van der Waals surface area contributed by atoms with Crippen LogP contribution in [0.25, 0.3) is 0 Å². The van der Waals surface area contributed by atoms with E-state index in [1.54, 1.807) is 0 Å². The predicted octanol–water partition coefficient (Wildman–Crippen LogP) is 1.63. The van der Waals surface area contributed by atoms with Crippen LogP contribution in [0.2, 0.25) is 0 Å². The molecule has 1 aromatic heterocycles. The van der Waals surface area contributed by atoms with Crippen molar-refractivity contribution >= 4 is 11.9 Å². The smallest absolute Gasteiger partial charge is 0.253 e. The summed E-state index contributed by atoms with van der Waals surface area (Å²) in [5.74, 6) is 0.836. The molecule has 3 aliphatic rings. The Morgan fingerprint density at radius 2 is 1.89 bits per heavy atom. The van der Waals surface area contributed by atoms with Gasteiger partial charge in [-0.05, 0) is 18.6 Å². The number of aromatic nitrogens is 2. The lowest BCUT2D eigenvalue weighted by Gasteiger charge is -2.35. The molecule has 0 aliphatic carbocycles. The number of anilines is 1. The second-order valence-corrected chi connectivity index (χ2v) is 7.76. The fraction of sp³-hybridized carbons (Fsp3) is 0.476. The quantitative estimate of drug-likeness (QED) is 0.789. The molecule has 1 spiro atoms. The SMILES string of the molecule is O=C(c1ccccc1)N1CCC2(COCc3cnc(N4CCOCC4)nc32)C1. The lowest BCUT2D eigenvalue weighted by Crippen LogP contribution is -2.43. The van der Waals surface area contributed by atoms with E-state index < -0.39 is 0 Å². The van der Waals surface area contributed by atoms with Crippen molar-refractivity contribution in [3.8, 4) is 0 Å². The van der Waals surface area contributed by atoms with Crippen LogP contribution in [0, 0.1) is 0 Å². The van der Waals surface area contributed by atoms with Crippen LogP contribution in [0.5, 0.6) is 0 Å². The molecular formula is C21H24N4O3. The molecule has 2 saturated heterocycles.